The largest absolute Gasteiger partial charge is 0.496 e. The molecule has 0 atom stereocenters. The summed E-state index contributed by atoms with van der Waals surface area (Å²) in [6.07, 6.45) is 3.87. The fraction of sp³-hybridized carbons (Fsp3) is 0.200. The number of aromatic nitrogens is 2. The topological polar surface area (TPSA) is 95.3 Å². The van der Waals surface area contributed by atoms with E-state index in [-0.39, 0.29) is 5.82 Å². The summed E-state index contributed by atoms with van der Waals surface area (Å²) in [7, 11) is 3.50. The van der Waals surface area contributed by atoms with Crippen molar-refractivity contribution in [2.45, 2.75) is 0 Å². The number of anilines is 1. The zero-order chi connectivity index (χ0) is 19.0. The number of nitriles is 1. The van der Waals surface area contributed by atoms with E-state index < -0.39 is 0 Å². The number of fused-ring (bicyclic) bond motifs is 1. The van der Waals surface area contributed by atoms with Gasteiger partial charge in [-0.2, -0.15) is 5.26 Å². The molecule has 2 aromatic heterocycles. The molecule has 1 aliphatic rings. The van der Waals surface area contributed by atoms with Crippen LogP contribution < -0.4 is 19.9 Å². The Morgan fingerprint density at radius 1 is 1.19 bits per heavy atom. The predicted octanol–water partition coefficient (Wildman–Crippen LogP) is 2.99. The van der Waals surface area contributed by atoms with E-state index in [9.17, 15) is 5.26 Å². The molecule has 3 heterocycles. The minimum absolute atomic E-state index is 0.172. The van der Waals surface area contributed by atoms with Crippen LogP contribution in [0.15, 0.2) is 36.7 Å². The Balaban J connectivity index is 1.95. The molecule has 0 saturated heterocycles. The Morgan fingerprint density at radius 2 is 1.93 bits per heavy atom. The van der Waals surface area contributed by atoms with Gasteiger partial charge < -0.3 is 24.5 Å². The zero-order valence-electron chi connectivity index (χ0n) is 15.0. The van der Waals surface area contributed by atoms with E-state index in [0.717, 1.165) is 5.56 Å². The molecule has 0 fully saturated rings. The first-order valence-electron chi connectivity index (χ1n) is 8.41. The van der Waals surface area contributed by atoms with Gasteiger partial charge in [0.05, 0.1) is 12.8 Å². The van der Waals surface area contributed by atoms with Gasteiger partial charge in [-0.1, -0.05) is 0 Å². The zero-order valence-corrected chi connectivity index (χ0v) is 15.0. The smallest absolute Gasteiger partial charge is 0.165 e. The lowest BCUT2D eigenvalue weighted by atomic mass is 9.97. The highest BCUT2D eigenvalue weighted by atomic mass is 16.6. The van der Waals surface area contributed by atoms with Crippen molar-refractivity contribution in [2.24, 2.45) is 7.05 Å². The Labute approximate surface area is 156 Å². The number of nitrogens with two attached hydrogens (primary N) is 1. The molecular weight excluding hydrogens is 344 g/mol. The van der Waals surface area contributed by atoms with Crippen molar-refractivity contribution in [1.29, 1.82) is 5.26 Å². The number of nitrogens with zero attached hydrogens (tertiary/aromatic N) is 3. The van der Waals surface area contributed by atoms with E-state index in [1.165, 1.54) is 0 Å². The molecule has 1 aromatic carbocycles. The average molecular weight is 362 g/mol. The number of benzene rings is 1. The highest BCUT2D eigenvalue weighted by Gasteiger charge is 2.21. The van der Waals surface area contributed by atoms with Gasteiger partial charge >= 0.3 is 0 Å². The fourth-order valence-corrected chi connectivity index (χ4v) is 3.15. The quantitative estimate of drug-likeness (QED) is 0.769. The summed E-state index contributed by atoms with van der Waals surface area (Å²) in [5.74, 6) is 1.97. The maximum absolute atomic E-state index is 9.66. The summed E-state index contributed by atoms with van der Waals surface area (Å²) in [5, 5.41) is 9.66. The third-order valence-electron chi connectivity index (χ3n) is 4.44. The molecule has 0 radical (unpaired) electrons. The second kappa shape index (κ2) is 6.57. The number of hydrogen-bond donors (Lipinski definition) is 1. The van der Waals surface area contributed by atoms with Crippen molar-refractivity contribution >= 4 is 5.82 Å². The number of ether oxygens (including phenoxy) is 3. The Kier molecular flexibility index (Phi) is 4.09. The molecule has 0 spiro atoms. The molecule has 4 rings (SSSR count). The van der Waals surface area contributed by atoms with Gasteiger partial charge in [0.2, 0.25) is 0 Å². The lowest BCUT2D eigenvalue weighted by Gasteiger charge is -2.21. The molecule has 0 amide bonds. The van der Waals surface area contributed by atoms with Crippen molar-refractivity contribution < 1.29 is 14.2 Å². The van der Waals surface area contributed by atoms with E-state index >= 15 is 0 Å². The predicted molar refractivity (Wildman–Crippen MR) is 101 cm³/mol. The lowest BCUT2D eigenvalue weighted by Crippen LogP contribution is -2.15. The number of rotatable bonds is 3. The second-order valence-corrected chi connectivity index (χ2v) is 6.19. The van der Waals surface area contributed by atoms with E-state index in [4.69, 9.17) is 19.9 Å². The first-order chi connectivity index (χ1) is 13.1. The maximum Gasteiger partial charge on any atom is 0.165 e. The molecule has 0 unspecified atom stereocenters. The fourth-order valence-electron chi connectivity index (χ4n) is 3.15. The first-order valence-corrected chi connectivity index (χ1v) is 8.41. The average Bonchev–Trinajstić information content (AvgIpc) is 3.12. The van der Waals surface area contributed by atoms with Gasteiger partial charge in [0.1, 0.15) is 36.4 Å². The molecule has 3 aromatic rings. The van der Waals surface area contributed by atoms with E-state index in [1.54, 1.807) is 13.2 Å². The monoisotopic (exact) mass is 362 g/mol. The minimum Gasteiger partial charge on any atom is -0.496 e. The van der Waals surface area contributed by atoms with Crippen LogP contribution in [0.2, 0.25) is 0 Å². The highest BCUT2D eigenvalue weighted by Crippen LogP contribution is 2.43. The summed E-state index contributed by atoms with van der Waals surface area (Å²) in [5.41, 5.74) is 9.33. The number of nitrogen functional groups attached to an aromatic ring is 1. The summed E-state index contributed by atoms with van der Waals surface area (Å²) in [4.78, 5) is 4.40. The molecule has 7 heteroatoms. The van der Waals surface area contributed by atoms with Crippen molar-refractivity contribution in [3.8, 4) is 45.7 Å². The Hall–Kier alpha value is -3.66. The number of methoxy groups -OCH3 is 1. The van der Waals surface area contributed by atoms with E-state index in [2.05, 4.69) is 11.1 Å². The summed E-state index contributed by atoms with van der Waals surface area (Å²) in [6, 6.07) is 9.53. The van der Waals surface area contributed by atoms with Crippen molar-refractivity contribution in [3.05, 3.63) is 42.2 Å². The van der Waals surface area contributed by atoms with Crippen molar-refractivity contribution in [2.75, 3.05) is 26.1 Å². The summed E-state index contributed by atoms with van der Waals surface area (Å²) >= 11 is 0. The molecule has 136 valence electrons. The lowest BCUT2D eigenvalue weighted by molar-refractivity contribution is 0.171. The van der Waals surface area contributed by atoms with Crippen molar-refractivity contribution in [3.63, 3.8) is 0 Å². The normalized spacial score (nSPS) is 12.5. The van der Waals surface area contributed by atoms with Crippen LogP contribution in [-0.2, 0) is 7.05 Å². The van der Waals surface area contributed by atoms with E-state index in [0.29, 0.717) is 52.8 Å². The van der Waals surface area contributed by atoms with Crippen LogP contribution in [0, 0.1) is 11.3 Å². The molecule has 27 heavy (non-hydrogen) atoms. The molecule has 0 aliphatic carbocycles. The first kappa shape index (κ1) is 16.8. The van der Waals surface area contributed by atoms with Crippen LogP contribution in [0.1, 0.15) is 5.56 Å². The number of aryl methyl sites for hydroxylation is 1. The van der Waals surface area contributed by atoms with Crippen LogP contribution in [0.3, 0.4) is 0 Å². The maximum atomic E-state index is 9.66. The molecule has 2 N–H and O–H groups in total. The molecular formula is C20H18N4O3. The number of pyridine rings is 1. The van der Waals surface area contributed by atoms with Crippen molar-refractivity contribution in [1.82, 2.24) is 9.55 Å². The van der Waals surface area contributed by atoms with Gasteiger partial charge in [0.25, 0.3) is 0 Å². The minimum atomic E-state index is 0.172. The Morgan fingerprint density at radius 3 is 2.56 bits per heavy atom. The van der Waals surface area contributed by atoms with Crippen LogP contribution in [0.25, 0.3) is 22.4 Å². The molecule has 0 bridgehead atoms. The summed E-state index contributed by atoms with van der Waals surface area (Å²) in [6.45, 7) is 0.955. The van der Waals surface area contributed by atoms with E-state index in [1.807, 2.05) is 42.2 Å². The van der Waals surface area contributed by atoms with Gasteiger partial charge in [-0.15, -0.1) is 0 Å². The molecule has 1 aliphatic heterocycles. The van der Waals surface area contributed by atoms with Gasteiger partial charge in [0, 0.05) is 42.2 Å². The van der Waals surface area contributed by atoms with Gasteiger partial charge in [-0.25, -0.2) is 4.98 Å². The van der Waals surface area contributed by atoms with Crippen LogP contribution >= 0.6 is 0 Å². The second-order valence-electron chi connectivity index (χ2n) is 6.19. The third-order valence-corrected chi connectivity index (χ3v) is 4.44. The van der Waals surface area contributed by atoms with Crippen LogP contribution in [0.5, 0.6) is 17.2 Å². The van der Waals surface area contributed by atoms with Gasteiger partial charge in [0.15, 0.2) is 11.5 Å². The van der Waals surface area contributed by atoms with Crippen LogP contribution in [-0.4, -0.2) is 29.9 Å². The molecule has 0 saturated carbocycles. The third kappa shape index (κ3) is 2.91. The SMILES string of the molecule is COc1cc2c(cc1-c1cc(-c3ccn(C)c3)nc(N)c1C#N)OCCO2. The Bertz CT molecular complexity index is 1070. The number of hydrogen-bond acceptors (Lipinski definition) is 6. The highest BCUT2D eigenvalue weighted by molar-refractivity contribution is 5.84. The van der Waals surface area contributed by atoms with Gasteiger partial charge in [-0.3, -0.25) is 0 Å². The van der Waals surface area contributed by atoms with Gasteiger partial charge in [-0.05, 0) is 18.2 Å². The summed E-state index contributed by atoms with van der Waals surface area (Å²) < 4.78 is 18.8. The standard InChI is InChI=1S/C20H18N4O3/c1-24-4-3-12(11-24)16-7-13(15(10-21)20(22)23-16)14-8-18-19(9-17(14)25-2)27-6-5-26-18/h3-4,7-9,11H,5-6H2,1-2H3,(H2,22,23). The van der Waals surface area contributed by atoms with Crippen LogP contribution in [0.4, 0.5) is 5.82 Å². The molecule has 7 nitrogen and oxygen atoms in total.